The zero-order valence-corrected chi connectivity index (χ0v) is 25.7. The largest absolute Gasteiger partial charge is 0.493 e. The number of methoxy groups -OCH3 is 3. The molecule has 2 aromatic carbocycles. The van der Waals surface area contributed by atoms with Crippen molar-refractivity contribution in [2.24, 2.45) is 11.8 Å². The van der Waals surface area contributed by atoms with Gasteiger partial charge in [-0.25, -0.2) is 0 Å². The number of hydrogen-bond acceptors (Lipinski definition) is 7. The van der Waals surface area contributed by atoms with Crippen LogP contribution >= 0.6 is 0 Å². The quantitative estimate of drug-likeness (QED) is 0.298. The summed E-state index contributed by atoms with van der Waals surface area (Å²) in [6.07, 6.45) is 2.16. The molecule has 0 unspecified atom stereocenters. The van der Waals surface area contributed by atoms with Gasteiger partial charge in [-0.3, -0.25) is 9.59 Å². The second-order valence-electron chi connectivity index (χ2n) is 11.5. The number of benzene rings is 2. The molecular formula is C33H47N3O6. The molecule has 2 amide bonds. The minimum atomic E-state index is -0.616. The lowest BCUT2D eigenvalue weighted by Crippen LogP contribution is -2.46. The molecule has 1 saturated carbocycles. The summed E-state index contributed by atoms with van der Waals surface area (Å²) < 4.78 is 22.2. The second kappa shape index (κ2) is 15.4. The molecule has 2 aliphatic rings. The van der Waals surface area contributed by atoms with Crippen molar-refractivity contribution < 1.29 is 28.5 Å². The van der Waals surface area contributed by atoms with Gasteiger partial charge in [0.15, 0.2) is 17.6 Å². The molecule has 42 heavy (non-hydrogen) atoms. The average molecular weight is 582 g/mol. The van der Waals surface area contributed by atoms with E-state index in [1.165, 1.54) is 0 Å². The normalized spacial score (nSPS) is 19.0. The van der Waals surface area contributed by atoms with Crippen LogP contribution < -0.4 is 14.8 Å². The number of hydrogen-bond donors (Lipinski definition) is 1. The summed E-state index contributed by atoms with van der Waals surface area (Å²) in [6, 6.07) is 15.3. The monoisotopic (exact) mass is 581 g/mol. The first-order chi connectivity index (χ1) is 20.4. The van der Waals surface area contributed by atoms with Crippen molar-refractivity contribution in [3.05, 3.63) is 59.7 Å². The SMILES string of the molecule is COCCCOc1cc(C(=O)N(C[C@@H]2CNC[C@H]2CN(C(=O)[C@H](OC)c2ccccc2)C2CC2)C(C)C)ccc1OC. The van der Waals surface area contributed by atoms with E-state index >= 15 is 0 Å². The van der Waals surface area contributed by atoms with Crippen LogP contribution in [0.25, 0.3) is 0 Å². The Hall–Kier alpha value is -3.14. The number of ether oxygens (including phenoxy) is 4. The highest BCUT2D eigenvalue weighted by Gasteiger charge is 2.40. The van der Waals surface area contributed by atoms with Crippen LogP contribution in [0.2, 0.25) is 0 Å². The van der Waals surface area contributed by atoms with Gasteiger partial charge < -0.3 is 34.1 Å². The Morgan fingerprint density at radius 2 is 1.64 bits per heavy atom. The number of rotatable bonds is 16. The topological polar surface area (TPSA) is 89.6 Å². The molecule has 1 N–H and O–H groups in total. The maximum atomic E-state index is 13.9. The lowest BCUT2D eigenvalue weighted by molar-refractivity contribution is -0.143. The van der Waals surface area contributed by atoms with Crippen LogP contribution in [0.5, 0.6) is 11.5 Å². The van der Waals surface area contributed by atoms with Gasteiger partial charge >= 0.3 is 0 Å². The van der Waals surface area contributed by atoms with Gasteiger partial charge in [0.1, 0.15) is 0 Å². The van der Waals surface area contributed by atoms with Gasteiger partial charge in [-0.2, -0.15) is 0 Å². The van der Waals surface area contributed by atoms with Crippen LogP contribution in [0.4, 0.5) is 0 Å². The summed E-state index contributed by atoms with van der Waals surface area (Å²) >= 11 is 0. The molecule has 1 aliphatic carbocycles. The molecule has 1 heterocycles. The molecular weight excluding hydrogens is 534 g/mol. The molecule has 1 aliphatic heterocycles. The molecule has 0 bridgehead atoms. The highest BCUT2D eigenvalue weighted by Crippen LogP contribution is 2.34. The summed E-state index contributed by atoms with van der Waals surface area (Å²) in [5, 5.41) is 3.53. The summed E-state index contributed by atoms with van der Waals surface area (Å²) in [5.41, 5.74) is 1.43. The molecule has 2 aromatic rings. The molecule has 4 rings (SSSR count). The summed E-state index contributed by atoms with van der Waals surface area (Å²) in [4.78, 5) is 31.6. The molecule has 3 atom stereocenters. The fourth-order valence-corrected chi connectivity index (χ4v) is 5.69. The summed E-state index contributed by atoms with van der Waals surface area (Å²) in [7, 11) is 4.85. The van der Waals surface area contributed by atoms with E-state index < -0.39 is 6.10 Å². The third kappa shape index (κ3) is 8.02. The van der Waals surface area contributed by atoms with E-state index in [4.69, 9.17) is 18.9 Å². The van der Waals surface area contributed by atoms with E-state index in [0.29, 0.717) is 43.4 Å². The molecule has 1 saturated heterocycles. The van der Waals surface area contributed by atoms with Gasteiger partial charge in [-0.05, 0) is 62.3 Å². The average Bonchev–Trinajstić information content (AvgIpc) is 3.75. The van der Waals surface area contributed by atoms with E-state index in [1.54, 1.807) is 39.5 Å². The Morgan fingerprint density at radius 3 is 2.26 bits per heavy atom. The fourth-order valence-electron chi connectivity index (χ4n) is 5.69. The van der Waals surface area contributed by atoms with Crippen molar-refractivity contribution in [2.45, 2.75) is 51.3 Å². The lowest BCUT2D eigenvalue weighted by atomic mass is 9.93. The maximum absolute atomic E-state index is 13.9. The van der Waals surface area contributed by atoms with Crippen molar-refractivity contribution in [3.63, 3.8) is 0 Å². The van der Waals surface area contributed by atoms with Crippen molar-refractivity contribution in [2.75, 3.05) is 60.7 Å². The van der Waals surface area contributed by atoms with E-state index in [-0.39, 0.29) is 35.7 Å². The minimum absolute atomic E-state index is 0.00374. The molecule has 2 fully saturated rings. The lowest BCUT2D eigenvalue weighted by Gasteiger charge is -2.34. The smallest absolute Gasteiger partial charge is 0.256 e. The zero-order chi connectivity index (χ0) is 30.1. The molecule has 9 heteroatoms. The third-order valence-corrected chi connectivity index (χ3v) is 8.22. The Bertz CT molecular complexity index is 1160. The Balaban J connectivity index is 1.46. The zero-order valence-electron chi connectivity index (χ0n) is 25.7. The van der Waals surface area contributed by atoms with Gasteiger partial charge in [0.2, 0.25) is 0 Å². The predicted molar refractivity (Wildman–Crippen MR) is 162 cm³/mol. The van der Waals surface area contributed by atoms with Crippen LogP contribution in [0.3, 0.4) is 0 Å². The van der Waals surface area contributed by atoms with Crippen molar-refractivity contribution >= 4 is 11.8 Å². The number of carbonyl (C=O) groups excluding carboxylic acids is 2. The Morgan fingerprint density at radius 1 is 0.929 bits per heavy atom. The van der Waals surface area contributed by atoms with Crippen molar-refractivity contribution in [3.8, 4) is 11.5 Å². The first kappa shape index (κ1) is 31.8. The standard InChI is InChI=1S/C33H47N3O6/c1-23(2)35(32(37)25-12-15-29(40-4)30(18-25)42-17-9-16-39-3)21-26-19-34-20-27(26)22-36(28-13-14-28)33(38)31(41-5)24-10-7-6-8-11-24/h6-8,10-12,15,18,23,26-28,31,34H,9,13-14,16-17,19-22H2,1-5H3/t26-,27-,31+/m0/s1. The van der Waals surface area contributed by atoms with E-state index in [2.05, 4.69) is 5.32 Å². The van der Waals surface area contributed by atoms with E-state index in [1.807, 2.05) is 54.0 Å². The number of nitrogens with one attached hydrogen (secondary N) is 1. The minimum Gasteiger partial charge on any atom is -0.493 e. The highest BCUT2D eigenvalue weighted by molar-refractivity contribution is 5.95. The summed E-state index contributed by atoms with van der Waals surface area (Å²) in [5.74, 6) is 1.56. The van der Waals surface area contributed by atoms with Crippen molar-refractivity contribution in [1.29, 1.82) is 0 Å². The van der Waals surface area contributed by atoms with Crippen LogP contribution in [0, 0.1) is 11.8 Å². The summed E-state index contributed by atoms with van der Waals surface area (Å²) in [6.45, 7) is 8.02. The van der Waals surface area contributed by atoms with E-state index in [0.717, 1.165) is 37.9 Å². The predicted octanol–water partition coefficient (Wildman–Crippen LogP) is 4.18. The third-order valence-electron chi connectivity index (χ3n) is 8.22. The first-order valence-corrected chi connectivity index (χ1v) is 15.1. The van der Waals surface area contributed by atoms with Crippen molar-refractivity contribution in [1.82, 2.24) is 15.1 Å². The van der Waals surface area contributed by atoms with E-state index in [9.17, 15) is 9.59 Å². The number of carbonyl (C=O) groups is 2. The van der Waals surface area contributed by atoms with Gasteiger partial charge in [0, 0.05) is 71.1 Å². The molecule has 9 nitrogen and oxygen atoms in total. The molecule has 0 spiro atoms. The highest BCUT2D eigenvalue weighted by atomic mass is 16.5. The first-order valence-electron chi connectivity index (χ1n) is 15.1. The number of nitrogens with zero attached hydrogens (tertiary/aromatic N) is 2. The maximum Gasteiger partial charge on any atom is 0.256 e. The number of amides is 2. The van der Waals surface area contributed by atoms with Crippen LogP contribution in [0.15, 0.2) is 48.5 Å². The molecule has 230 valence electrons. The van der Waals surface area contributed by atoms with Crippen LogP contribution in [0.1, 0.15) is 55.1 Å². The van der Waals surface area contributed by atoms with Gasteiger partial charge in [0.05, 0.1) is 13.7 Å². The Labute approximate surface area is 250 Å². The second-order valence-corrected chi connectivity index (χ2v) is 11.5. The molecule has 0 radical (unpaired) electrons. The molecule has 0 aromatic heterocycles. The van der Waals surface area contributed by atoms with Gasteiger partial charge in [-0.1, -0.05) is 30.3 Å². The fraction of sp³-hybridized carbons (Fsp3) is 0.576. The van der Waals surface area contributed by atoms with Crippen LogP contribution in [-0.4, -0.2) is 94.4 Å². The van der Waals surface area contributed by atoms with Gasteiger partial charge in [0.25, 0.3) is 11.8 Å². The van der Waals surface area contributed by atoms with Gasteiger partial charge in [-0.15, -0.1) is 0 Å². The Kier molecular flexibility index (Phi) is 11.6. The van der Waals surface area contributed by atoms with Crippen LogP contribution in [-0.2, 0) is 14.3 Å².